The second-order valence-electron chi connectivity index (χ2n) is 19.1. The van der Waals surface area contributed by atoms with Gasteiger partial charge in [-0.05, 0) is 113 Å². The summed E-state index contributed by atoms with van der Waals surface area (Å²) in [5.74, 6) is -9.70. The van der Waals surface area contributed by atoms with E-state index in [-0.39, 0.29) is 46.5 Å². The summed E-state index contributed by atoms with van der Waals surface area (Å²) in [6.45, 7) is 7.87. The molecule has 2 aliphatic carbocycles. The lowest BCUT2D eigenvalue weighted by Crippen LogP contribution is -2.51. The highest BCUT2D eigenvalue weighted by molar-refractivity contribution is 6.01. The Balaban J connectivity index is 0.953. The number of amides is 3. The second-order valence-corrected chi connectivity index (χ2v) is 19.1. The Bertz CT molecular complexity index is 2880. The quantitative estimate of drug-likeness (QED) is 0.111. The fraction of sp³-hybridized carbons (Fsp3) is 0.423. The third-order valence-electron chi connectivity index (χ3n) is 14.3. The Morgan fingerprint density at radius 3 is 1.91 bits per heavy atom. The number of Topliss-reactive ketones (excluding diaryl/α,β-unsaturated/α-hetero) is 1. The Morgan fingerprint density at radius 2 is 1.29 bits per heavy atom. The first kappa shape index (κ1) is 46.5. The molecule has 68 heavy (non-hydrogen) atoms. The zero-order valence-electron chi connectivity index (χ0n) is 38.7. The monoisotopic (exact) mass is 934 g/mol. The average molecular weight is 935 g/mol. The number of carbonyl (C=O) groups excluding carboxylic acids is 4. The van der Waals surface area contributed by atoms with Gasteiger partial charge in [-0.15, -0.1) is 0 Å². The molecular formula is C52H54F4N6O6. The maximum atomic E-state index is 16.4. The van der Waals surface area contributed by atoms with E-state index in [0.29, 0.717) is 70.6 Å². The predicted octanol–water partition coefficient (Wildman–Crippen LogP) is 10.8. The number of alkyl carbamates (subject to hydrolysis) is 2. The smallest absolute Gasteiger partial charge is 0.407 e. The number of ketones is 1. The first-order valence-electron chi connectivity index (χ1n) is 23.2. The number of rotatable bonds is 11. The van der Waals surface area contributed by atoms with Crippen molar-refractivity contribution in [3.05, 3.63) is 95.3 Å². The van der Waals surface area contributed by atoms with Gasteiger partial charge in [0.25, 0.3) is 0 Å². The molecule has 1 saturated carbocycles. The molecule has 16 heteroatoms. The largest absolute Gasteiger partial charge is 0.453 e. The van der Waals surface area contributed by atoms with E-state index in [4.69, 9.17) is 19.5 Å². The number of imidazole rings is 1. The lowest BCUT2D eigenvalue weighted by Gasteiger charge is -2.35. The molecule has 4 aliphatic rings. The highest BCUT2D eigenvalue weighted by Crippen LogP contribution is 2.59. The molecule has 1 unspecified atom stereocenters. The van der Waals surface area contributed by atoms with E-state index >= 15 is 17.6 Å². The molecule has 5 atom stereocenters. The number of hydrogen-bond donors (Lipinski definition) is 3. The highest BCUT2D eigenvalue weighted by atomic mass is 19.3. The second kappa shape index (κ2) is 17.8. The molecule has 356 valence electrons. The molecule has 5 aromatic rings. The first-order valence-corrected chi connectivity index (χ1v) is 23.2. The topological polar surface area (TPSA) is 155 Å². The Hall–Kier alpha value is -6.58. The van der Waals surface area contributed by atoms with Crippen LogP contribution in [0, 0.1) is 23.7 Å². The summed E-state index contributed by atoms with van der Waals surface area (Å²) in [5, 5.41) is 5.34. The molecule has 2 aliphatic heterocycles. The molecule has 3 amide bonds. The summed E-state index contributed by atoms with van der Waals surface area (Å²) in [7, 11) is 2.49. The minimum absolute atomic E-state index is 0.0117. The van der Waals surface area contributed by atoms with Gasteiger partial charge < -0.3 is 30.0 Å². The standard InChI is InChI=1S/C52H54F4N6O6/c1-26(2)44(60-49(65)67-5)46(63)36-10-7-9-35(36)41-25-32-21-28(14-18-39(32)57-41)29-12-16-33-34-17-13-30(23-38(34)52(55,56)51(53,54)37(33)22-29)31-15-19-40-42(24-31)59-47(58-40)43-11-8-20-62(43)48(64)45(27(3)4)61-50(66)68-6/h12-19,21-24,26-27,35-36,43-45H,7-11,20,25H2,1-6H3,(H,58,59)(H,60,65)(H,61,66)/t35-,36?,43+,44+,45+/m1/s1. The van der Waals surface area contributed by atoms with Crippen molar-refractivity contribution in [1.29, 1.82) is 0 Å². The minimum Gasteiger partial charge on any atom is -0.453 e. The molecule has 1 saturated heterocycles. The number of aliphatic imine (C=N–C) groups is 1. The summed E-state index contributed by atoms with van der Waals surface area (Å²) in [6.07, 6.45) is 2.69. The van der Waals surface area contributed by atoms with Gasteiger partial charge in [0.1, 0.15) is 11.9 Å². The third-order valence-corrected chi connectivity index (χ3v) is 14.3. The molecule has 1 aromatic heterocycles. The molecule has 3 N–H and O–H groups in total. The Kier molecular flexibility index (Phi) is 12.2. The maximum Gasteiger partial charge on any atom is 0.407 e. The van der Waals surface area contributed by atoms with Crippen molar-refractivity contribution in [2.24, 2.45) is 28.7 Å². The maximum absolute atomic E-state index is 16.4. The van der Waals surface area contributed by atoms with Gasteiger partial charge in [-0.25, -0.2) is 14.6 Å². The van der Waals surface area contributed by atoms with E-state index in [0.717, 1.165) is 42.7 Å². The third kappa shape index (κ3) is 8.08. The molecule has 0 bridgehead atoms. The number of carbonyl (C=O) groups is 4. The Labute approximate surface area is 391 Å². The molecule has 2 fully saturated rings. The van der Waals surface area contributed by atoms with E-state index in [1.807, 2.05) is 33.8 Å². The van der Waals surface area contributed by atoms with Crippen LogP contribution < -0.4 is 10.6 Å². The zero-order valence-corrected chi connectivity index (χ0v) is 38.7. The molecule has 12 nitrogen and oxygen atoms in total. The highest BCUT2D eigenvalue weighted by Gasteiger charge is 2.63. The van der Waals surface area contributed by atoms with Crippen LogP contribution in [0.4, 0.5) is 32.8 Å². The summed E-state index contributed by atoms with van der Waals surface area (Å²) in [6, 6.07) is 17.2. The van der Waals surface area contributed by atoms with Gasteiger partial charge in [0.2, 0.25) is 5.91 Å². The van der Waals surface area contributed by atoms with Crippen molar-refractivity contribution in [2.75, 3.05) is 20.8 Å². The van der Waals surface area contributed by atoms with Crippen LogP contribution in [0.1, 0.15) is 88.4 Å². The van der Waals surface area contributed by atoms with Gasteiger partial charge in [0, 0.05) is 41.6 Å². The number of aromatic amines is 1. The fourth-order valence-corrected chi connectivity index (χ4v) is 10.6. The van der Waals surface area contributed by atoms with Gasteiger partial charge >= 0.3 is 24.0 Å². The normalized spacial score (nSPS) is 20.9. The van der Waals surface area contributed by atoms with E-state index in [1.54, 1.807) is 47.4 Å². The summed E-state index contributed by atoms with van der Waals surface area (Å²) in [5.41, 5.74) is 3.79. The van der Waals surface area contributed by atoms with Crippen LogP contribution >= 0.6 is 0 Å². The average Bonchev–Trinajstić information content (AvgIpc) is 4.16. The van der Waals surface area contributed by atoms with E-state index < -0.39 is 53.3 Å². The fourth-order valence-electron chi connectivity index (χ4n) is 10.6. The van der Waals surface area contributed by atoms with Crippen LogP contribution in [-0.4, -0.2) is 77.3 Å². The van der Waals surface area contributed by atoms with Crippen molar-refractivity contribution in [1.82, 2.24) is 25.5 Å². The lowest BCUT2D eigenvalue weighted by molar-refractivity contribution is -0.225. The number of fused-ring (bicyclic) bond motifs is 5. The molecule has 4 aromatic carbocycles. The van der Waals surface area contributed by atoms with Gasteiger partial charge in [0.15, 0.2) is 5.78 Å². The van der Waals surface area contributed by atoms with E-state index in [1.165, 1.54) is 26.4 Å². The van der Waals surface area contributed by atoms with E-state index in [9.17, 15) is 19.2 Å². The summed E-state index contributed by atoms with van der Waals surface area (Å²) in [4.78, 5) is 66.3. The number of halogens is 4. The number of likely N-dealkylation sites (tertiary alicyclic amines) is 1. The van der Waals surface area contributed by atoms with Crippen molar-refractivity contribution < 1.29 is 46.2 Å². The number of hydrogen-bond acceptors (Lipinski definition) is 8. The number of benzene rings is 4. The number of H-pyrrole nitrogens is 1. The molecule has 0 radical (unpaired) electrons. The van der Waals surface area contributed by atoms with Crippen LogP contribution in [0.5, 0.6) is 0 Å². The predicted molar refractivity (Wildman–Crippen MR) is 249 cm³/mol. The lowest BCUT2D eigenvalue weighted by atomic mass is 9.78. The van der Waals surface area contributed by atoms with Crippen molar-refractivity contribution in [3.8, 4) is 33.4 Å². The summed E-state index contributed by atoms with van der Waals surface area (Å²) < 4.78 is 74.9. The zero-order chi connectivity index (χ0) is 48.4. The number of methoxy groups -OCH3 is 2. The number of aromatic nitrogens is 2. The van der Waals surface area contributed by atoms with Crippen molar-refractivity contribution in [3.63, 3.8) is 0 Å². The SMILES string of the molecule is COC(=O)N[C@H](C(=O)C1CCC[C@H]1C1=Nc2ccc(-c3ccc4c(c3)C(F)(F)C(F)(F)c3cc(-c5ccc6nc([C@@H]7CCCN7C(=O)[C@@H](NC(=O)OC)C(C)C)[nH]c6c5)ccc3-4)cc2C1)C(C)C. The van der Waals surface area contributed by atoms with Crippen molar-refractivity contribution >= 4 is 46.3 Å². The van der Waals surface area contributed by atoms with Gasteiger partial charge in [-0.3, -0.25) is 14.6 Å². The van der Waals surface area contributed by atoms with Crippen molar-refractivity contribution in [2.45, 2.75) is 96.2 Å². The molecule has 9 rings (SSSR count). The summed E-state index contributed by atoms with van der Waals surface area (Å²) >= 11 is 0. The number of ether oxygens (including phenoxy) is 2. The number of nitrogens with zero attached hydrogens (tertiary/aromatic N) is 3. The Morgan fingerprint density at radius 1 is 0.721 bits per heavy atom. The number of nitrogens with one attached hydrogen (secondary N) is 3. The van der Waals surface area contributed by atoms with Gasteiger partial charge in [-0.2, -0.15) is 17.6 Å². The van der Waals surface area contributed by atoms with Crippen LogP contribution in [0.2, 0.25) is 0 Å². The van der Waals surface area contributed by atoms with Crippen LogP contribution in [0.15, 0.2) is 77.8 Å². The van der Waals surface area contributed by atoms with Crippen LogP contribution in [0.25, 0.3) is 44.4 Å². The van der Waals surface area contributed by atoms with E-state index in [2.05, 4.69) is 15.6 Å². The number of alkyl halides is 4. The van der Waals surface area contributed by atoms with Crippen LogP contribution in [0.3, 0.4) is 0 Å². The van der Waals surface area contributed by atoms with Gasteiger partial charge in [-0.1, -0.05) is 70.5 Å². The minimum atomic E-state index is -4.55. The van der Waals surface area contributed by atoms with Crippen LogP contribution in [-0.2, 0) is 37.3 Å². The molecular weight excluding hydrogens is 881 g/mol. The van der Waals surface area contributed by atoms with Gasteiger partial charge in [0.05, 0.1) is 43.0 Å². The molecule has 0 spiro atoms. The first-order chi connectivity index (χ1) is 32.4. The molecule has 3 heterocycles.